The Balaban J connectivity index is 4.03. The van der Waals surface area contributed by atoms with Gasteiger partial charge in [-0.25, -0.2) is 5.06 Å². The SMILES string of the molecule is CCCCCCCCC(CCCCCC)C(=O)N(C)OC. The number of nitrogens with zero attached hydrogens (tertiary/aromatic N) is 1. The van der Waals surface area contributed by atoms with E-state index in [0.717, 1.165) is 19.3 Å². The number of unbranched alkanes of at least 4 members (excludes halogenated alkanes) is 8. The van der Waals surface area contributed by atoms with Gasteiger partial charge in [-0.15, -0.1) is 0 Å². The van der Waals surface area contributed by atoms with E-state index in [4.69, 9.17) is 4.84 Å². The topological polar surface area (TPSA) is 29.5 Å². The second kappa shape index (κ2) is 14.4. The van der Waals surface area contributed by atoms with Crippen molar-refractivity contribution in [3.63, 3.8) is 0 Å². The molecule has 1 atom stereocenters. The van der Waals surface area contributed by atoms with Gasteiger partial charge < -0.3 is 0 Å². The molecule has 0 heterocycles. The molecule has 0 fully saturated rings. The molecule has 126 valence electrons. The zero-order chi connectivity index (χ0) is 15.9. The highest BCUT2D eigenvalue weighted by atomic mass is 16.7. The molecule has 0 aliphatic rings. The summed E-state index contributed by atoms with van der Waals surface area (Å²) in [5, 5.41) is 1.40. The lowest BCUT2D eigenvalue weighted by Gasteiger charge is -2.21. The fourth-order valence-corrected chi connectivity index (χ4v) is 2.73. The second-order valence-electron chi connectivity index (χ2n) is 6.12. The molecule has 21 heavy (non-hydrogen) atoms. The average molecular weight is 299 g/mol. The highest BCUT2D eigenvalue weighted by Gasteiger charge is 2.21. The summed E-state index contributed by atoms with van der Waals surface area (Å²) in [6.45, 7) is 4.46. The van der Waals surface area contributed by atoms with Gasteiger partial charge in [-0.3, -0.25) is 9.63 Å². The lowest BCUT2D eigenvalue weighted by Crippen LogP contribution is -2.32. The quantitative estimate of drug-likeness (QED) is 0.320. The third kappa shape index (κ3) is 10.8. The maximum absolute atomic E-state index is 12.3. The van der Waals surface area contributed by atoms with E-state index in [1.165, 1.54) is 62.9 Å². The molecule has 0 aromatic rings. The van der Waals surface area contributed by atoms with Gasteiger partial charge >= 0.3 is 0 Å². The van der Waals surface area contributed by atoms with Gasteiger partial charge in [-0.1, -0.05) is 78.1 Å². The molecule has 0 aliphatic heterocycles. The molecular weight excluding hydrogens is 262 g/mol. The van der Waals surface area contributed by atoms with E-state index in [1.54, 1.807) is 14.2 Å². The van der Waals surface area contributed by atoms with E-state index in [1.807, 2.05) is 0 Å². The van der Waals surface area contributed by atoms with E-state index >= 15 is 0 Å². The molecule has 0 aliphatic carbocycles. The molecule has 0 saturated heterocycles. The number of hydrogen-bond acceptors (Lipinski definition) is 2. The zero-order valence-electron chi connectivity index (χ0n) is 14.8. The number of hydroxylamine groups is 2. The molecule has 1 amide bonds. The minimum atomic E-state index is 0.151. The van der Waals surface area contributed by atoms with Crippen LogP contribution >= 0.6 is 0 Å². The molecule has 0 radical (unpaired) electrons. The highest BCUT2D eigenvalue weighted by Crippen LogP contribution is 2.20. The van der Waals surface area contributed by atoms with Gasteiger partial charge in [-0.05, 0) is 12.8 Å². The zero-order valence-corrected chi connectivity index (χ0v) is 14.8. The maximum Gasteiger partial charge on any atom is 0.248 e. The van der Waals surface area contributed by atoms with Crippen LogP contribution in [0.4, 0.5) is 0 Å². The molecule has 3 heteroatoms. The van der Waals surface area contributed by atoms with Crippen molar-refractivity contribution in [2.24, 2.45) is 5.92 Å². The van der Waals surface area contributed by atoms with Gasteiger partial charge in [0.05, 0.1) is 7.11 Å². The monoisotopic (exact) mass is 299 g/mol. The molecule has 0 saturated carbocycles. The molecule has 0 bridgehead atoms. The fraction of sp³-hybridized carbons (Fsp3) is 0.944. The summed E-state index contributed by atoms with van der Waals surface area (Å²) >= 11 is 0. The van der Waals surface area contributed by atoms with Crippen LogP contribution < -0.4 is 0 Å². The van der Waals surface area contributed by atoms with E-state index in [0.29, 0.717) is 0 Å². The number of carbonyl (C=O) groups is 1. The first-order chi connectivity index (χ1) is 10.2. The number of rotatable bonds is 14. The van der Waals surface area contributed by atoms with E-state index in [9.17, 15) is 4.79 Å². The smallest absolute Gasteiger partial charge is 0.248 e. The predicted octanol–water partition coefficient (Wildman–Crippen LogP) is 5.34. The summed E-state index contributed by atoms with van der Waals surface area (Å²) in [4.78, 5) is 17.4. The standard InChI is InChI=1S/C18H37NO2/c1-5-7-9-11-12-14-16-17(15-13-10-8-6-2)18(20)19(3)21-4/h17H,5-16H2,1-4H3. The molecule has 1 unspecified atom stereocenters. The van der Waals surface area contributed by atoms with Crippen molar-refractivity contribution in [3.8, 4) is 0 Å². The predicted molar refractivity (Wildman–Crippen MR) is 90.0 cm³/mol. The Morgan fingerprint density at radius 1 is 0.857 bits per heavy atom. The number of carbonyl (C=O) groups excluding carboxylic acids is 1. The van der Waals surface area contributed by atoms with Gasteiger partial charge in [0.15, 0.2) is 0 Å². The largest absolute Gasteiger partial charge is 0.275 e. The van der Waals surface area contributed by atoms with E-state index in [2.05, 4.69) is 13.8 Å². The normalized spacial score (nSPS) is 12.4. The molecule has 0 aromatic heterocycles. The lowest BCUT2D eigenvalue weighted by atomic mass is 9.93. The van der Waals surface area contributed by atoms with Gasteiger partial charge in [0, 0.05) is 13.0 Å². The van der Waals surface area contributed by atoms with Crippen LogP contribution in [-0.2, 0) is 9.63 Å². The van der Waals surface area contributed by atoms with Crippen LogP contribution in [-0.4, -0.2) is 25.1 Å². The summed E-state index contributed by atoms with van der Waals surface area (Å²) < 4.78 is 0. The number of amides is 1. The third-order valence-electron chi connectivity index (χ3n) is 4.25. The summed E-state index contributed by atoms with van der Waals surface area (Å²) in [7, 11) is 3.29. The van der Waals surface area contributed by atoms with Crippen LogP contribution in [0.15, 0.2) is 0 Å². The van der Waals surface area contributed by atoms with Crippen molar-refractivity contribution < 1.29 is 9.63 Å². The molecule has 0 aromatic carbocycles. The summed E-state index contributed by atoms with van der Waals surface area (Å²) in [6.07, 6.45) is 14.7. The van der Waals surface area contributed by atoms with Crippen LogP contribution in [0.5, 0.6) is 0 Å². The van der Waals surface area contributed by atoms with Crippen LogP contribution in [0, 0.1) is 5.92 Å². The van der Waals surface area contributed by atoms with Crippen LogP contribution in [0.1, 0.15) is 90.9 Å². The van der Waals surface area contributed by atoms with Gasteiger partial charge in [-0.2, -0.15) is 0 Å². The summed E-state index contributed by atoms with van der Waals surface area (Å²) in [5.74, 6) is 0.306. The summed E-state index contributed by atoms with van der Waals surface area (Å²) in [5.41, 5.74) is 0. The van der Waals surface area contributed by atoms with E-state index < -0.39 is 0 Å². The Bertz CT molecular complexity index is 243. The van der Waals surface area contributed by atoms with Crippen molar-refractivity contribution in [2.75, 3.05) is 14.2 Å². The Morgan fingerprint density at radius 2 is 1.29 bits per heavy atom. The Hall–Kier alpha value is -0.570. The number of hydrogen-bond donors (Lipinski definition) is 0. The summed E-state index contributed by atoms with van der Waals surface area (Å²) in [6, 6.07) is 0. The molecular formula is C18H37NO2. The van der Waals surface area contributed by atoms with Gasteiger partial charge in [0.1, 0.15) is 0 Å². The van der Waals surface area contributed by atoms with Crippen LogP contribution in [0.3, 0.4) is 0 Å². The molecule has 3 nitrogen and oxygen atoms in total. The van der Waals surface area contributed by atoms with Crippen molar-refractivity contribution >= 4 is 5.91 Å². The Labute approximate surface area is 132 Å². The van der Waals surface area contributed by atoms with Crippen molar-refractivity contribution in [1.82, 2.24) is 5.06 Å². The third-order valence-corrected chi connectivity index (χ3v) is 4.25. The minimum Gasteiger partial charge on any atom is -0.275 e. The van der Waals surface area contributed by atoms with Gasteiger partial charge in [0.2, 0.25) is 5.91 Å². The average Bonchev–Trinajstić information content (AvgIpc) is 2.51. The lowest BCUT2D eigenvalue weighted by molar-refractivity contribution is -0.174. The Morgan fingerprint density at radius 3 is 1.76 bits per heavy atom. The van der Waals surface area contributed by atoms with Crippen molar-refractivity contribution in [1.29, 1.82) is 0 Å². The fourth-order valence-electron chi connectivity index (χ4n) is 2.73. The molecule has 0 rings (SSSR count). The van der Waals surface area contributed by atoms with Crippen molar-refractivity contribution in [2.45, 2.75) is 90.9 Å². The van der Waals surface area contributed by atoms with E-state index in [-0.39, 0.29) is 11.8 Å². The van der Waals surface area contributed by atoms with Crippen LogP contribution in [0.2, 0.25) is 0 Å². The Kier molecular flexibility index (Phi) is 14.0. The minimum absolute atomic E-state index is 0.151. The first kappa shape index (κ1) is 20.4. The molecule has 0 spiro atoms. The van der Waals surface area contributed by atoms with Crippen LogP contribution in [0.25, 0.3) is 0 Å². The van der Waals surface area contributed by atoms with Gasteiger partial charge in [0.25, 0.3) is 0 Å². The first-order valence-electron chi connectivity index (χ1n) is 8.99. The highest BCUT2D eigenvalue weighted by molar-refractivity contribution is 5.77. The first-order valence-corrected chi connectivity index (χ1v) is 8.99. The second-order valence-corrected chi connectivity index (χ2v) is 6.12. The molecule has 0 N–H and O–H groups in total. The van der Waals surface area contributed by atoms with Crippen molar-refractivity contribution in [3.05, 3.63) is 0 Å². The maximum atomic E-state index is 12.3.